The average molecular weight is 1210 g/mol. The molecule has 2 aliphatic rings. The van der Waals surface area contributed by atoms with E-state index in [1.807, 2.05) is 6.08 Å². The van der Waals surface area contributed by atoms with Crippen molar-refractivity contribution in [3.8, 4) is 0 Å². The van der Waals surface area contributed by atoms with Crippen LogP contribution in [-0.4, -0.2) is 140 Å². The van der Waals surface area contributed by atoms with Crippen molar-refractivity contribution in [2.24, 2.45) is 0 Å². The first-order valence-corrected chi connectivity index (χ1v) is 34.8. The summed E-state index contributed by atoms with van der Waals surface area (Å²) in [6.07, 6.45) is 61.0. The molecule has 0 radical (unpaired) electrons. The second kappa shape index (κ2) is 56.2. The molecule has 0 spiro atoms. The fourth-order valence-electron chi connectivity index (χ4n) is 11.0. The van der Waals surface area contributed by atoms with Gasteiger partial charge in [0, 0.05) is 6.42 Å². The average Bonchev–Trinajstić information content (AvgIpc) is 2.76. The molecule has 1 amide bonds. The number of ether oxygens (including phenoxy) is 4. The molecule has 0 aromatic carbocycles. The highest BCUT2D eigenvalue weighted by Gasteiger charge is 2.51. The Balaban J connectivity index is 1.56. The summed E-state index contributed by atoms with van der Waals surface area (Å²) in [6.45, 7) is 2.66. The lowest BCUT2D eigenvalue weighted by Gasteiger charge is -2.46. The topological polar surface area (TPSA) is 228 Å². The Kier molecular flexibility index (Phi) is 51.8. The van der Waals surface area contributed by atoms with E-state index in [-0.39, 0.29) is 18.9 Å². The molecule has 2 saturated heterocycles. The Labute approximate surface area is 522 Å². The molecule has 0 bridgehead atoms. The lowest BCUT2D eigenvalue weighted by molar-refractivity contribution is -0.359. The Bertz CT molecular complexity index is 1770. The van der Waals surface area contributed by atoms with E-state index in [4.69, 9.17) is 18.9 Å². The van der Waals surface area contributed by atoms with Crippen molar-refractivity contribution in [1.82, 2.24) is 5.32 Å². The second-order valence-electron chi connectivity index (χ2n) is 24.3. The zero-order valence-corrected chi connectivity index (χ0v) is 54.0. The highest BCUT2D eigenvalue weighted by Crippen LogP contribution is 2.30. The number of allylic oxidation sites excluding steroid dienone is 13. The summed E-state index contributed by atoms with van der Waals surface area (Å²) in [5.74, 6) is -0.248. The summed E-state index contributed by atoms with van der Waals surface area (Å²) in [7, 11) is 0. The summed E-state index contributed by atoms with van der Waals surface area (Å²) < 4.78 is 22.8. The fraction of sp³-hybridized carbons (Fsp3) is 0.792. The smallest absolute Gasteiger partial charge is 0.220 e. The van der Waals surface area contributed by atoms with E-state index in [9.17, 15) is 45.6 Å². The van der Waals surface area contributed by atoms with E-state index < -0.39 is 86.8 Å². The Hall–Kier alpha value is -2.83. The zero-order chi connectivity index (χ0) is 62.3. The van der Waals surface area contributed by atoms with Crippen molar-refractivity contribution in [2.75, 3.05) is 19.8 Å². The predicted octanol–water partition coefficient (Wildman–Crippen LogP) is 14.0. The first-order chi connectivity index (χ1) is 42.1. The lowest BCUT2D eigenvalue weighted by atomic mass is 9.97. The number of aliphatic hydroxyl groups is 8. The molecule has 12 unspecified atom stereocenters. The van der Waals surface area contributed by atoms with Gasteiger partial charge in [0.15, 0.2) is 12.6 Å². The molecule has 2 rings (SSSR count). The normalized spacial score (nSPS) is 23.9. The third-order valence-electron chi connectivity index (χ3n) is 16.6. The molecule has 0 aromatic heterocycles. The molecule has 0 saturated carbocycles. The van der Waals surface area contributed by atoms with Gasteiger partial charge in [0.05, 0.1) is 32.0 Å². The monoisotopic (exact) mass is 1210 g/mol. The number of amides is 1. The fourth-order valence-corrected chi connectivity index (χ4v) is 11.0. The first-order valence-electron chi connectivity index (χ1n) is 34.8. The van der Waals surface area contributed by atoms with E-state index in [0.717, 1.165) is 64.2 Å². The molecule has 2 fully saturated rings. The number of carbonyl (C=O) groups excluding carboxylic acids is 1. The van der Waals surface area contributed by atoms with Crippen LogP contribution in [0, 0.1) is 0 Å². The van der Waals surface area contributed by atoms with Crippen LogP contribution in [0.25, 0.3) is 0 Å². The first kappa shape index (κ1) is 79.3. The van der Waals surface area contributed by atoms with E-state index in [1.165, 1.54) is 173 Å². The number of hydrogen-bond donors (Lipinski definition) is 9. The quantitative estimate of drug-likeness (QED) is 0.0204. The van der Waals surface area contributed by atoms with Gasteiger partial charge in [-0.3, -0.25) is 4.79 Å². The number of unbranched alkanes of at least 4 members (excludes halogenated alkanes) is 31. The van der Waals surface area contributed by atoms with Gasteiger partial charge in [-0.15, -0.1) is 0 Å². The lowest BCUT2D eigenvalue weighted by Crippen LogP contribution is -2.65. The van der Waals surface area contributed by atoms with E-state index >= 15 is 0 Å². The number of aliphatic hydroxyl groups excluding tert-OH is 8. The highest BCUT2D eigenvalue weighted by atomic mass is 16.7. The summed E-state index contributed by atoms with van der Waals surface area (Å²) in [5, 5.41) is 87.1. The van der Waals surface area contributed by atoms with Crippen LogP contribution in [0.1, 0.15) is 271 Å². The van der Waals surface area contributed by atoms with Crippen molar-refractivity contribution >= 4 is 5.91 Å². The molecule has 0 aliphatic carbocycles. The van der Waals surface area contributed by atoms with Crippen LogP contribution < -0.4 is 5.32 Å². The van der Waals surface area contributed by atoms with Crippen molar-refractivity contribution in [3.63, 3.8) is 0 Å². The van der Waals surface area contributed by atoms with Gasteiger partial charge in [0.1, 0.15) is 48.8 Å². The molecule has 86 heavy (non-hydrogen) atoms. The van der Waals surface area contributed by atoms with E-state index in [2.05, 4.69) is 92.1 Å². The van der Waals surface area contributed by atoms with Gasteiger partial charge in [-0.25, -0.2) is 0 Å². The molecule has 9 N–H and O–H groups in total. The van der Waals surface area contributed by atoms with Gasteiger partial charge in [0.25, 0.3) is 0 Å². The maximum atomic E-state index is 13.3. The minimum absolute atomic E-state index is 0.248. The van der Waals surface area contributed by atoms with Crippen LogP contribution in [0.2, 0.25) is 0 Å². The van der Waals surface area contributed by atoms with Crippen molar-refractivity contribution < 1.29 is 64.6 Å². The van der Waals surface area contributed by atoms with Gasteiger partial charge >= 0.3 is 0 Å². The molecule has 14 nitrogen and oxygen atoms in total. The molecule has 0 aromatic rings. The van der Waals surface area contributed by atoms with Crippen LogP contribution in [0.5, 0.6) is 0 Å². The maximum Gasteiger partial charge on any atom is 0.220 e. The van der Waals surface area contributed by atoms with Crippen LogP contribution >= 0.6 is 0 Å². The molecule has 2 heterocycles. The molecule has 498 valence electrons. The second-order valence-corrected chi connectivity index (χ2v) is 24.3. The third-order valence-corrected chi connectivity index (χ3v) is 16.6. The summed E-state index contributed by atoms with van der Waals surface area (Å²) in [6, 6.07) is -0.932. The van der Waals surface area contributed by atoms with Crippen molar-refractivity contribution in [1.29, 1.82) is 0 Å². The Morgan fingerprint density at radius 2 is 0.814 bits per heavy atom. The van der Waals surface area contributed by atoms with Gasteiger partial charge in [0.2, 0.25) is 5.91 Å². The standard InChI is InChI=1S/C72H127NO13/c1-3-5-7-9-11-13-15-17-18-19-20-21-22-23-24-25-26-27-28-29-30-31-32-33-34-35-36-37-38-39-40-41-42-44-46-48-50-52-54-56-64(77)73-60(61(76)55-53-51-49-47-45-43-16-14-12-10-8-6-4-2)59-83-71-69(82)67(80)70(63(58-75)85-71)86-72-68(81)66(79)65(78)62(57-74)84-72/h5,7,11,13,17-18,20-21,23-24,45,47,53,55,60-63,65-72,74-76,78-82H,3-4,6,8-10,12,14-16,19,22,25-44,46,48-52,54,56-59H2,1-2H3,(H,73,77)/b7-5-,13-11-,18-17-,21-20-,24-23-,47-45+,55-53+. The molecular weight excluding hydrogens is 1090 g/mol. The highest BCUT2D eigenvalue weighted by molar-refractivity contribution is 5.76. The molecule has 2 aliphatic heterocycles. The van der Waals surface area contributed by atoms with Gasteiger partial charge in [-0.1, -0.05) is 272 Å². The number of carbonyl (C=O) groups is 1. The minimum atomic E-state index is -1.79. The number of nitrogens with one attached hydrogen (secondary N) is 1. The zero-order valence-electron chi connectivity index (χ0n) is 54.0. The van der Waals surface area contributed by atoms with Crippen LogP contribution in [0.4, 0.5) is 0 Å². The summed E-state index contributed by atoms with van der Waals surface area (Å²) in [4.78, 5) is 13.3. The van der Waals surface area contributed by atoms with Gasteiger partial charge < -0.3 is 65.1 Å². The summed E-state index contributed by atoms with van der Waals surface area (Å²) in [5.41, 5.74) is 0. The van der Waals surface area contributed by atoms with Crippen LogP contribution in [0.15, 0.2) is 85.1 Å². The summed E-state index contributed by atoms with van der Waals surface area (Å²) >= 11 is 0. The number of hydrogen-bond acceptors (Lipinski definition) is 13. The van der Waals surface area contributed by atoms with Crippen LogP contribution in [0.3, 0.4) is 0 Å². The SMILES string of the molecule is CC/C=C\C/C=C\C/C=C\C/C=C\C/C=C\CCCCCCCCCCCCCCCCCCCCCCCCCC(=O)NC(COC1OC(CO)C(OC2OC(CO)C(O)C(O)C2O)C(O)C1O)C(O)/C=C/CC/C=C/CCCCCCCCC. The van der Waals surface area contributed by atoms with E-state index in [0.29, 0.717) is 12.8 Å². The minimum Gasteiger partial charge on any atom is -0.394 e. The molecular formula is C72H127NO13. The Morgan fingerprint density at radius 1 is 0.430 bits per heavy atom. The molecule has 12 atom stereocenters. The van der Waals surface area contributed by atoms with E-state index in [1.54, 1.807) is 6.08 Å². The Morgan fingerprint density at radius 3 is 1.28 bits per heavy atom. The number of rotatable bonds is 56. The van der Waals surface area contributed by atoms with Crippen LogP contribution in [-0.2, 0) is 23.7 Å². The largest absolute Gasteiger partial charge is 0.394 e. The van der Waals surface area contributed by atoms with Gasteiger partial charge in [-0.05, 0) is 77.0 Å². The van der Waals surface area contributed by atoms with Crippen molar-refractivity contribution in [3.05, 3.63) is 85.1 Å². The third kappa shape index (κ3) is 40.0. The maximum absolute atomic E-state index is 13.3. The van der Waals surface area contributed by atoms with Crippen molar-refractivity contribution in [2.45, 2.75) is 344 Å². The van der Waals surface area contributed by atoms with Gasteiger partial charge in [-0.2, -0.15) is 0 Å². The molecule has 14 heteroatoms. The predicted molar refractivity (Wildman–Crippen MR) is 350 cm³/mol.